The van der Waals surface area contributed by atoms with Gasteiger partial charge in [0.15, 0.2) is 5.09 Å². The fourth-order valence-electron chi connectivity index (χ4n) is 2.10. The third kappa shape index (κ3) is 2.29. The standard InChI is InChI=1S/C13H13BrO3S/c1-3-9-11(7-15)10-6-8(14)4-5-12(10)17-13(9)18(2)16/h4-7,11H,3H2,1-2H3. The van der Waals surface area contributed by atoms with E-state index in [1.807, 2.05) is 19.1 Å². The molecule has 2 rings (SSSR count). The predicted octanol–water partition coefficient (Wildman–Crippen LogP) is 3.12. The molecule has 3 nitrogen and oxygen atoms in total. The number of aldehydes is 1. The number of hydrogen-bond acceptors (Lipinski definition) is 3. The number of carbonyl (C=O) groups excluding carboxylic acids is 1. The molecule has 0 amide bonds. The van der Waals surface area contributed by atoms with E-state index in [9.17, 15) is 9.00 Å². The highest BCUT2D eigenvalue weighted by molar-refractivity contribution is 9.10. The summed E-state index contributed by atoms with van der Waals surface area (Å²) >= 11 is 3.39. The largest absolute Gasteiger partial charge is 0.448 e. The highest BCUT2D eigenvalue weighted by Gasteiger charge is 2.30. The smallest absolute Gasteiger partial charge is 0.190 e. The molecule has 96 valence electrons. The van der Waals surface area contributed by atoms with E-state index in [0.29, 0.717) is 17.3 Å². The van der Waals surface area contributed by atoms with Crippen LogP contribution in [0.3, 0.4) is 0 Å². The Kier molecular flexibility index (Phi) is 4.02. The van der Waals surface area contributed by atoms with Crippen LogP contribution in [0.15, 0.2) is 33.3 Å². The summed E-state index contributed by atoms with van der Waals surface area (Å²) in [5.74, 6) is 0.243. The molecule has 0 saturated carbocycles. The van der Waals surface area contributed by atoms with Crippen LogP contribution >= 0.6 is 15.9 Å². The molecule has 5 heteroatoms. The fraction of sp³-hybridized carbons (Fsp3) is 0.308. The van der Waals surface area contributed by atoms with Crippen LogP contribution in [-0.4, -0.2) is 16.8 Å². The Morgan fingerprint density at radius 3 is 2.78 bits per heavy atom. The molecule has 0 aliphatic carbocycles. The minimum absolute atomic E-state index is 0.366. The van der Waals surface area contributed by atoms with E-state index >= 15 is 0 Å². The Bertz CT molecular complexity index is 551. The first kappa shape index (κ1) is 13.5. The van der Waals surface area contributed by atoms with Gasteiger partial charge in [-0.15, -0.1) is 0 Å². The summed E-state index contributed by atoms with van der Waals surface area (Å²) in [6, 6.07) is 5.50. The van der Waals surface area contributed by atoms with E-state index in [0.717, 1.165) is 21.9 Å². The first-order chi connectivity index (χ1) is 8.58. The van der Waals surface area contributed by atoms with Gasteiger partial charge in [0.25, 0.3) is 0 Å². The minimum Gasteiger partial charge on any atom is -0.448 e. The lowest BCUT2D eigenvalue weighted by Crippen LogP contribution is -2.19. The van der Waals surface area contributed by atoms with Crippen LogP contribution in [0, 0.1) is 0 Å². The maximum absolute atomic E-state index is 11.7. The summed E-state index contributed by atoms with van der Waals surface area (Å²) in [6.07, 6.45) is 3.10. The van der Waals surface area contributed by atoms with E-state index in [2.05, 4.69) is 15.9 Å². The summed E-state index contributed by atoms with van der Waals surface area (Å²) < 4.78 is 18.3. The van der Waals surface area contributed by atoms with Crippen molar-refractivity contribution in [1.29, 1.82) is 0 Å². The van der Waals surface area contributed by atoms with E-state index in [1.54, 1.807) is 12.3 Å². The molecule has 1 heterocycles. The van der Waals surface area contributed by atoms with Gasteiger partial charge in [-0.05, 0) is 30.2 Å². The lowest BCUT2D eigenvalue weighted by Gasteiger charge is -2.26. The zero-order valence-corrected chi connectivity index (χ0v) is 12.5. The SMILES string of the molecule is CCC1=C(S(C)=O)Oc2ccc(Br)cc2C1C=O. The zero-order chi connectivity index (χ0) is 13.3. The van der Waals surface area contributed by atoms with Crippen molar-refractivity contribution in [2.75, 3.05) is 6.26 Å². The van der Waals surface area contributed by atoms with Crippen molar-refractivity contribution in [3.8, 4) is 5.75 Å². The minimum atomic E-state index is -1.23. The van der Waals surface area contributed by atoms with Gasteiger partial charge in [0.2, 0.25) is 0 Å². The van der Waals surface area contributed by atoms with Crippen molar-refractivity contribution in [3.63, 3.8) is 0 Å². The van der Waals surface area contributed by atoms with Crippen molar-refractivity contribution in [3.05, 3.63) is 38.9 Å². The number of fused-ring (bicyclic) bond motifs is 1. The second-order valence-corrected chi connectivity index (χ2v) is 6.21. The molecule has 0 saturated heterocycles. The van der Waals surface area contributed by atoms with E-state index in [4.69, 9.17) is 4.74 Å². The van der Waals surface area contributed by atoms with Gasteiger partial charge in [-0.1, -0.05) is 22.9 Å². The maximum atomic E-state index is 11.7. The predicted molar refractivity (Wildman–Crippen MR) is 75.0 cm³/mol. The molecule has 1 aromatic rings. The van der Waals surface area contributed by atoms with Crippen molar-refractivity contribution in [2.24, 2.45) is 0 Å². The Balaban J connectivity index is 2.62. The second-order valence-electron chi connectivity index (χ2n) is 4.02. The van der Waals surface area contributed by atoms with E-state index in [1.165, 1.54) is 0 Å². The summed E-state index contributed by atoms with van der Waals surface area (Å²) in [6.45, 7) is 1.94. The summed E-state index contributed by atoms with van der Waals surface area (Å²) in [7, 11) is -1.23. The average Bonchev–Trinajstić information content (AvgIpc) is 2.36. The van der Waals surface area contributed by atoms with Crippen molar-refractivity contribution < 1.29 is 13.7 Å². The van der Waals surface area contributed by atoms with Crippen LogP contribution < -0.4 is 4.74 Å². The van der Waals surface area contributed by atoms with Gasteiger partial charge in [-0.2, -0.15) is 0 Å². The first-order valence-electron chi connectivity index (χ1n) is 5.57. The van der Waals surface area contributed by atoms with Gasteiger partial charge in [0, 0.05) is 16.3 Å². The normalized spacial score (nSPS) is 20.1. The fourth-order valence-corrected chi connectivity index (χ4v) is 3.32. The highest BCUT2D eigenvalue weighted by Crippen LogP contribution is 2.41. The number of allylic oxidation sites excluding steroid dienone is 1. The summed E-state index contributed by atoms with van der Waals surface area (Å²) in [5, 5.41) is 0.421. The number of carbonyl (C=O) groups is 1. The quantitative estimate of drug-likeness (QED) is 0.800. The van der Waals surface area contributed by atoms with Crippen LogP contribution in [-0.2, 0) is 15.6 Å². The molecule has 0 bridgehead atoms. The van der Waals surface area contributed by atoms with Gasteiger partial charge in [-0.3, -0.25) is 4.21 Å². The highest BCUT2D eigenvalue weighted by atomic mass is 79.9. The van der Waals surface area contributed by atoms with Crippen LogP contribution in [0.1, 0.15) is 24.8 Å². The van der Waals surface area contributed by atoms with Gasteiger partial charge < -0.3 is 9.53 Å². The Morgan fingerprint density at radius 2 is 2.22 bits per heavy atom. The van der Waals surface area contributed by atoms with Crippen LogP contribution in [0.2, 0.25) is 0 Å². The topological polar surface area (TPSA) is 43.4 Å². The molecule has 2 unspecified atom stereocenters. The first-order valence-corrected chi connectivity index (χ1v) is 7.92. The van der Waals surface area contributed by atoms with Crippen LogP contribution in [0.5, 0.6) is 5.75 Å². The zero-order valence-electron chi connectivity index (χ0n) is 10.1. The number of benzene rings is 1. The molecule has 18 heavy (non-hydrogen) atoms. The molecule has 0 N–H and O–H groups in total. The molecule has 0 aromatic heterocycles. The Labute approximate surface area is 117 Å². The third-order valence-corrected chi connectivity index (χ3v) is 4.29. The molecule has 2 atom stereocenters. The number of hydrogen-bond donors (Lipinski definition) is 0. The molecule has 1 aliphatic heterocycles. The molecular formula is C13H13BrO3S. The van der Waals surface area contributed by atoms with E-state index < -0.39 is 10.8 Å². The third-order valence-electron chi connectivity index (χ3n) is 2.93. The molecule has 1 aromatic carbocycles. The Hall–Kier alpha value is -0.940. The van der Waals surface area contributed by atoms with Crippen molar-refractivity contribution in [1.82, 2.24) is 0 Å². The molecule has 1 aliphatic rings. The molecule has 0 spiro atoms. The lowest BCUT2D eigenvalue weighted by atomic mass is 9.89. The Morgan fingerprint density at radius 1 is 1.50 bits per heavy atom. The average molecular weight is 329 g/mol. The summed E-state index contributed by atoms with van der Waals surface area (Å²) in [5.41, 5.74) is 1.63. The van der Waals surface area contributed by atoms with E-state index in [-0.39, 0.29) is 5.92 Å². The van der Waals surface area contributed by atoms with Gasteiger partial charge in [0.1, 0.15) is 12.0 Å². The van der Waals surface area contributed by atoms with Gasteiger partial charge in [0.05, 0.1) is 16.7 Å². The van der Waals surface area contributed by atoms with Crippen molar-refractivity contribution >= 4 is 33.0 Å². The summed E-state index contributed by atoms with van der Waals surface area (Å²) in [4.78, 5) is 11.4. The second kappa shape index (κ2) is 5.36. The van der Waals surface area contributed by atoms with Crippen molar-refractivity contribution in [2.45, 2.75) is 19.3 Å². The number of rotatable bonds is 3. The van der Waals surface area contributed by atoms with Gasteiger partial charge >= 0.3 is 0 Å². The van der Waals surface area contributed by atoms with Gasteiger partial charge in [-0.25, -0.2) is 0 Å². The monoisotopic (exact) mass is 328 g/mol. The maximum Gasteiger partial charge on any atom is 0.190 e. The lowest BCUT2D eigenvalue weighted by molar-refractivity contribution is -0.108. The number of ether oxygens (including phenoxy) is 1. The molecule has 0 fully saturated rings. The number of halogens is 1. The van der Waals surface area contributed by atoms with Crippen LogP contribution in [0.25, 0.3) is 0 Å². The molecular weight excluding hydrogens is 316 g/mol. The molecule has 0 radical (unpaired) electrons. The van der Waals surface area contributed by atoms with Crippen LogP contribution in [0.4, 0.5) is 0 Å².